The van der Waals surface area contributed by atoms with Crippen LogP contribution in [0.5, 0.6) is 0 Å². The van der Waals surface area contributed by atoms with Crippen molar-refractivity contribution in [1.29, 1.82) is 0 Å². The van der Waals surface area contributed by atoms with E-state index in [2.05, 4.69) is 17.0 Å². The summed E-state index contributed by atoms with van der Waals surface area (Å²) in [7, 11) is 1.73. The molecular weight excluding hydrogens is 273 g/mol. The molecule has 2 rings (SSSR count). The average Bonchev–Trinajstić information content (AvgIpc) is 2.50. The molecule has 3 N–H and O–H groups in total. The summed E-state index contributed by atoms with van der Waals surface area (Å²) in [5, 5.41) is 11.8. The van der Waals surface area contributed by atoms with Gasteiger partial charge in [-0.15, -0.1) is 0 Å². The van der Waals surface area contributed by atoms with E-state index in [1.54, 1.807) is 13.2 Å². The molecule has 2 atom stereocenters. The minimum absolute atomic E-state index is 0.0711. The zero-order chi connectivity index (χ0) is 15.4. The van der Waals surface area contributed by atoms with Crippen LogP contribution in [0.4, 0.5) is 4.39 Å². The number of benzene rings is 1. The van der Waals surface area contributed by atoms with E-state index in [9.17, 15) is 4.39 Å². The predicted molar refractivity (Wildman–Crippen MR) is 78.8 cm³/mol. The lowest BCUT2D eigenvalue weighted by Crippen LogP contribution is -2.43. The Kier molecular flexibility index (Phi) is 5.14. The fourth-order valence-electron chi connectivity index (χ4n) is 2.77. The number of oxime groups is 1. The largest absolute Gasteiger partial charge is 0.409 e. The number of likely N-dealkylation sites (tertiary alicyclic amines) is 1. The van der Waals surface area contributed by atoms with Gasteiger partial charge in [0.25, 0.3) is 0 Å². The molecule has 0 radical (unpaired) electrons. The van der Waals surface area contributed by atoms with Crippen LogP contribution in [-0.4, -0.2) is 42.2 Å². The number of amidine groups is 1. The van der Waals surface area contributed by atoms with E-state index in [1.807, 2.05) is 0 Å². The van der Waals surface area contributed by atoms with Gasteiger partial charge in [-0.05, 0) is 36.6 Å². The Balaban J connectivity index is 2.16. The van der Waals surface area contributed by atoms with Gasteiger partial charge >= 0.3 is 0 Å². The van der Waals surface area contributed by atoms with Crippen LogP contribution in [0.15, 0.2) is 23.4 Å². The standard InChI is InChI=1S/C15H22FN3O2/c1-10-5-6-19(9-14(10)21-2)8-11-3-4-12(16)7-13(11)15(17)18-20/h3-4,7,10,14,20H,5-6,8-9H2,1-2H3,(H2,17,18). The lowest BCUT2D eigenvalue weighted by atomic mass is 9.95. The Morgan fingerprint density at radius 1 is 1.57 bits per heavy atom. The molecule has 2 unspecified atom stereocenters. The highest BCUT2D eigenvalue weighted by Crippen LogP contribution is 2.22. The molecule has 0 saturated carbocycles. The molecule has 0 spiro atoms. The molecule has 1 heterocycles. The maximum Gasteiger partial charge on any atom is 0.170 e. The number of methoxy groups -OCH3 is 1. The first-order valence-corrected chi connectivity index (χ1v) is 7.06. The summed E-state index contributed by atoms with van der Waals surface area (Å²) in [6, 6.07) is 4.37. The number of rotatable bonds is 4. The number of hydrogen-bond acceptors (Lipinski definition) is 4. The van der Waals surface area contributed by atoms with E-state index in [4.69, 9.17) is 15.7 Å². The topological polar surface area (TPSA) is 71.1 Å². The van der Waals surface area contributed by atoms with E-state index in [0.29, 0.717) is 18.0 Å². The van der Waals surface area contributed by atoms with Crippen LogP contribution in [0, 0.1) is 11.7 Å². The number of nitrogens with two attached hydrogens (primary N) is 1. The SMILES string of the molecule is COC1CN(Cc2ccc(F)cc2/C(N)=N/O)CCC1C. The molecule has 6 heteroatoms. The third-order valence-electron chi connectivity index (χ3n) is 4.13. The molecule has 1 saturated heterocycles. The highest BCUT2D eigenvalue weighted by Gasteiger charge is 2.26. The van der Waals surface area contributed by atoms with E-state index >= 15 is 0 Å². The summed E-state index contributed by atoms with van der Waals surface area (Å²) in [5.74, 6) is 0.0589. The molecule has 116 valence electrons. The van der Waals surface area contributed by atoms with Crippen LogP contribution < -0.4 is 5.73 Å². The van der Waals surface area contributed by atoms with Crippen LogP contribution in [-0.2, 0) is 11.3 Å². The third-order valence-corrected chi connectivity index (χ3v) is 4.13. The van der Waals surface area contributed by atoms with Crippen molar-refractivity contribution in [3.05, 3.63) is 35.1 Å². The van der Waals surface area contributed by atoms with Gasteiger partial charge < -0.3 is 15.7 Å². The molecular formula is C15H22FN3O2. The first-order chi connectivity index (χ1) is 10.0. The van der Waals surface area contributed by atoms with Gasteiger partial charge in [0.15, 0.2) is 5.84 Å². The van der Waals surface area contributed by atoms with Crippen molar-refractivity contribution in [3.8, 4) is 0 Å². The van der Waals surface area contributed by atoms with Crippen molar-refractivity contribution in [2.45, 2.75) is 26.0 Å². The summed E-state index contributed by atoms with van der Waals surface area (Å²) in [6.07, 6.45) is 1.25. The zero-order valence-corrected chi connectivity index (χ0v) is 12.4. The van der Waals surface area contributed by atoms with Crippen molar-refractivity contribution >= 4 is 5.84 Å². The molecule has 1 aromatic carbocycles. The molecule has 0 bridgehead atoms. The van der Waals surface area contributed by atoms with Crippen molar-refractivity contribution < 1.29 is 14.3 Å². The Hall–Kier alpha value is -1.66. The van der Waals surface area contributed by atoms with Crippen LogP contribution in [0.2, 0.25) is 0 Å². The maximum atomic E-state index is 13.4. The Bertz CT molecular complexity index is 522. The summed E-state index contributed by atoms with van der Waals surface area (Å²) in [5.41, 5.74) is 6.91. The zero-order valence-electron chi connectivity index (χ0n) is 12.4. The van der Waals surface area contributed by atoms with E-state index < -0.39 is 5.82 Å². The Morgan fingerprint density at radius 3 is 3.00 bits per heavy atom. The minimum atomic E-state index is -0.401. The fourth-order valence-corrected chi connectivity index (χ4v) is 2.77. The molecule has 1 aliphatic rings. The van der Waals surface area contributed by atoms with Crippen LogP contribution in [0.1, 0.15) is 24.5 Å². The predicted octanol–water partition coefficient (Wildman–Crippen LogP) is 1.78. The smallest absolute Gasteiger partial charge is 0.170 e. The van der Waals surface area contributed by atoms with Crippen molar-refractivity contribution in [2.24, 2.45) is 16.8 Å². The molecule has 0 aliphatic carbocycles. The van der Waals surface area contributed by atoms with Gasteiger partial charge in [0.1, 0.15) is 5.82 Å². The molecule has 1 aromatic rings. The average molecular weight is 295 g/mol. The summed E-state index contributed by atoms with van der Waals surface area (Å²) in [6.45, 7) is 4.59. The number of halogens is 1. The monoisotopic (exact) mass is 295 g/mol. The molecule has 1 aliphatic heterocycles. The summed E-state index contributed by atoms with van der Waals surface area (Å²) in [4.78, 5) is 2.25. The summed E-state index contributed by atoms with van der Waals surface area (Å²) < 4.78 is 18.9. The number of hydrogen-bond donors (Lipinski definition) is 2. The minimum Gasteiger partial charge on any atom is -0.409 e. The third kappa shape index (κ3) is 3.71. The lowest BCUT2D eigenvalue weighted by Gasteiger charge is -2.36. The van der Waals surface area contributed by atoms with Crippen LogP contribution in [0.25, 0.3) is 0 Å². The summed E-state index contributed by atoms with van der Waals surface area (Å²) >= 11 is 0. The molecule has 0 amide bonds. The highest BCUT2D eigenvalue weighted by atomic mass is 19.1. The quantitative estimate of drug-likeness (QED) is 0.384. The van der Waals surface area contributed by atoms with E-state index in [1.165, 1.54) is 12.1 Å². The molecule has 1 fully saturated rings. The van der Waals surface area contributed by atoms with Crippen molar-refractivity contribution in [1.82, 2.24) is 4.90 Å². The highest BCUT2D eigenvalue weighted by molar-refractivity contribution is 5.98. The normalized spacial score (nSPS) is 24.2. The second kappa shape index (κ2) is 6.87. The van der Waals surface area contributed by atoms with Crippen molar-refractivity contribution in [2.75, 3.05) is 20.2 Å². The lowest BCUT2D eigenvalue weighted by molar-refractivity contribution is -0.00746. The number of piperidine rings is 1. The maximum absolute atomic E-state index is 13.4. The van der Waals surface area contributed by atoms with Gasteiger partial charge in [-0.3, -0.25) is 4.90 Å². The van der Waals surface area contributed by atoms with E-state index in [0.717, 1.165) is 25.1 Å². The van der Waals surface area contributed by atoms with Gasteiger partial charge in [0.2, 0.25) is 0 Å². The van der Waals surface area contributed by atoms with Crippen LogP contribution >= 0.6 is 0 Å². The number of nitrogens with zero attached hydrogens (tertiary/aromatic N) is 2. The first kappa shape index (κ1) is 15.7. The number of ether oxygens (including phenoxy) is 1. The fraction of sp³-hybridized carbons (Fsp3) is 0.533. The van der Waals surface area contributed by atoms with Crippen molar-refractivity contribution in [3.63, 3.8) is 0 Å². The van der Waals surface area contributed by atoms with Gasteiger partial charge in [-0.2, -0.15) is 0 Å². The first-order valence-electron chi connectivity index (χ1n) is 7.06. The Labute approximate surface area is 124 Å². The second-order valence-corrected chi connectivity index (χ2v) is 5.56. The Morgan fingerprint density at radius 2 is 2.33 bits per heavy atom. The van der Waals surface area contributed by atoms with Gasteiger partial charge in [-0.25, -0.2) is 4.39 Å². The molecule has 0 aromatic heterocycles. The molecule has 5 nitrogen and oxygen atoms in total. The van der Waals surface area contributed by atoms with Gasteiger partial charge in [0.05, 0.1) is 6.10 Å². The van der Waals surface area contributed by atoms with E-state index in [-0.39, 0.29) is 11.9 Å². The van der Waals surface area contributed by atoms with Gasteiger partial charge in [-0.1, -0.05) is 18.1 Å². The molecule has 21 heavy (non-hydrogen) atoms. The van der Waals surface area contributed by atoms with Gasteiger partial charge in [0, 0.05) is 25.8 Å². The van der Waals surface area contributed by atoms with Crippen LogP contribution in [0.3, 0.4) is 0 Å². The second-order valence-electron chi connectivity index (χ2n) is 5.56.